The SMILES string of the molecule is CCOc1ccc(C(=O)/C=C/c2ccc3[nH]ccc3c2)cc1. The van der Waals surface area contributed by atoms with E-state index in [-0.39, 0.29) is 5.78 Å². The predicted octanol–water partition coefficient (Wildman–Crippen LogP) is 4.46. The Morgan fingerprint density at radius 1 is 1.14 bits per heavy atom. The quantitative estimate of drug-likeness (QED) is 0.557. The summed E-state index contributed by atoms with van der Waals surface area (Å²) in [6.45, 7) is 2.55. The molecule has 0 fully saturated rings. The summed E-state index contributed by atoms with van der Waals surface area (Å²) >= 11 is 0. The number of allylic oxidation sites excluding steroid dienone is 1. The molecule has 110 valence electrons. The molecule has 1 N–H and O–H groups in total. The number of aromatic nitrogens is 1. The van der Waals surface area contributed by atoms with Gasteiger partial charge in [0.2, 0.25) is 0 Å². The minimum atomic E-state index is -0.0165. The minimum Gasteiger partial charge on any atom is -0.494 e. The van der Waals surface area contributed by atoms with Crippen LogP contribution in [0.1, 0.15) is 22.8 Å². The summed E-state index contributed by atoms with van der Waals surface area (Å²) in [7, 11) is 0. The number of rotatable bonds is 5. The first-order valence-corrected chi connectivity index (χ1v) is 7.28. The third kappa shape index (κ3) is 3.09. The molecule has 0 aliphatic rings. The van der Waals surface area contributed by atoms with Crippen LogP contribution in [-0.4, -0.2) is 17.4 Å². The van der Waals surface area contributed by atoms with Crippen molar-refractivity contribution in [3.63, 3.8) is 0 Å². The molecule has 0 unspecified atom stereocenters. The fraction of sp³-hybridized carbons (Fsp3) is 0.105. The molecule has 3 nitrogen and oxygen atoms in total. The molecule has 0 spiro atoms. The molecule has 0 bridgehead atoms. The van der Waals surface area contributed by atoms with Crippen molar-refractivity contribution in [1.82, 2.24) is 4.98 Å². The first kappa shape index (κ1) is 14.1. The van der Waals surface area contributed by atoms with Gasteiger partial charge in [0.25, 0.3) is 0 Å². The Morgan fingerprint density at radius 2 is 1.95 bits per heavy atom. The predicted molar refractivity (Wildman–Crippen MR) is 89.3 cm³/mol. The first-order chi connectivity index (χ1) is 10.8. The van der Waals surface area contributed by atoms with Crippen molar-refractivity contribution in [3.05, 3.63) is 71.9 Å². The van der Waals surface area contributed by atoms with E-state index in [4.69, 9.17) is 4.74 Å². The largest absolute Gasteiger partial charge is 0.494 e. The molecule has 0 radical (unpaired) electrons. The summed E-state index contributed by atoms with van der Waals surface area (Å²) < 4.78 is 5.37. The number of benzene rings is 2. The van der Waals surface area contributed by atoms with E-state index in [2.05, 4.69) is 4.98 Å². The molecule has 0 saturated heterocycles. The normalized spacial score (nSPS) is 11.1. The maximum Gasteiger partial charge on any atom is 0.185 e. The third-order valence-electron chi connectivity index (χ3n) is 3.45. The van der Waals surface area contributed by atoms with Crippen molar-refractivity contribution >= 4 is 22.8 Å². The van der Waals surface area contributed by atoms with Crippen molar-refractivity contribution < 1.29 is 9.53 Å². The van der Waals surface area contributed by atoms with Crippen LogP contribution in [0.2, 0.25) is 0 Å². The van der Waals surface area contributed by atoms with E-state index in [9.17, 15) is 4.79 Å². The standard InChI is InChI=1S/C19H17NO2/c1-2-22-17-7-5-15(6-8-17)19(21)10-4-14-3-9-18-16(13-14)11-12-20-18/h3-13,20H,2H2,1H3/b10-4+. The summed E-state index contributed by atoms with van der Waals surface area (Å²) in [6.07, 6.45) is 5.35. The van der Waals surface area contributed by atoms with Crippen LogP contribution in [-0.2, 0) is 0 Å². The Hall–Kier alpha value is -2.81. The minimum absolute atomic E-state index is 0.0165. The van der Waals surface area contributed by atoms with E-state index in [0.717, 1.165) is 22.2 Å². The number of nitrogens with one attached hydrogen (secondary N) is 1. The van der Waals surface area contributed by atoms with Gasteiger partial charge in [-0.05, 0) is 66.4 Å². The van der Waals surface area contributed by atoms with Crippen LogP contribution in [0.25, 0.3) is 17.0 Å². The Balaban J connectivity index is 1.74. The molecule has 3 heteroatoms. The zero-order valence-corrected chi connectivity index (χ0v) is 12.4. The van der Waals surface area contributed by atoms with Gasteiger partial charge in [-0.1, -0.05) is 12.1 Å². The number of carbonyl (C=O) groups is 1. The molecule has 0 saturated carbocycles. The summed E-state index contributed by atoms with van der Waals surface area (Å²) in [5.74, 6) is 0.762. The molecule has 1 aromatic heterocycles. The average molecular weight is 291 g/mol. The molecule has 1 heterocycles. The van der Waals surface area contributed by atoms with E-state index in [1.165, 1.54) is 0 Å². The lowest BCUT2D eigenvalue weighted by atomic mass is 10.1. The highest BCUT2D eigenvalue weighted by atomic mass is 16.5. The molecular weight excluding hydrogens is 274 g/mol. The second-order valence-electron chi connectivity index (χ2n) is 4.98. The molecular formula is C19H17NO2. The van der Waals surface area contributed by atoms with E-state index >= 15 is 0 Å². The highest BCUT2D eigenvalue weighted by Crippen LogP contribution is 2.16. The van der Waals surface area contributed by atoms with Gasteiger partial charge in [0.15, 0.2) is 5.78 Å². The zero-order chi connectivity index (χ0) is 15.4. The van der Waals surface area contributed by atoms with Crippen molar-refractivity contribution in [2.75, 3.05) is 6.61 Å². The van der Waals surface area contributed by atoms with Crippen LogP contribution in [0, 0.1) is 0 Å². The Labute approximate surface area is 129 Å². The van der Waals surface area contributed by atoms with Crippen LogP contribution >= 0.6 is 0 Å². The summed E-state index contributed by atoms with van der Waals surface area (Å²) in [6, 6.07) is 15.3. The fourth-order valence-electron chi connectivity index (χ4n) is 2.33. The van der Waals surface area contributed by atoms with E-state index in [1.54, 1.807) is 18.2 Å². The Bertz CT molecular complexity index is 813. The second kappa shape index (κ2) is 6.31. The van der Waals surface area contributed by atoms with E-state index < -0.39 is 0 Å². The number of hydrogen-bond acceptors (Lipinski definition) is 2. The van der Waals surface area contributed by atoms with Crippen LogP contribution in [0.4, 0.5) is 0 Å². The Morgan fingerprint density at radius 3 is 2.73 bits per heavy atom. The molecule has 0 atom stereocenters. The van der Waals surface area contributed by atoms with Gasteiger partial charge in [0, 0.05) is 17.3 Å². The number of H-pyrrole nitrogens is 1. The lowest BCUT2D eigenvalue weighted by Crippen LogP contribution is -1.95. The molecule has 0 aliphatic heterocycles. The summed E-state index contributed by atoms with van der Waals surface area (Å²) in [5, 5.41) is 1.13. The van der Waals surface area contributed by atoms with Gasteiger partial charge in [-0.15, -0.1) is 0 Å². The first-order valence-electron chi connectivity index (χ1n) is 7.28. The number of hydrogen-bond donors (Lipinski definition) is 1. The van der Waals surface area contributed by atoms with Gasteiger partial charge in [0.05, 0.1) is 6.61 Å². The summed E-state index contributed by atoms with van der Waals surface area (Å²) in [5.41, 5.74) is 2.75. The lowest BCUT2D eigenvalue weighted by Gasteiger charge is -2.02. The van der Waals surface area contributed by atoms with Gasteiger partial charge >= 0.3 is 0 Å². The van der Waals surface area contributed by atoms with Crippen molar-refractivity contribution in [2.45, 2.75) is 6.92 Å². The number of fused-ring (bicyclic) bond motifs is 1. The van der Waals surface area contributed by atoms with Crippen LogP contribution < -0.4 is 4.74 Å². The topological polar surface area (TPSA) is 42.1 Å². The smallest absolute Gasteiger partial charge is 0.185 e. The van der Waals surface area contributed by atoms with E-state index in [0.29, 0.717) is 12.2 Å². The van der Waals surface area contributed by atoms with Crippen molar-refractivity contribution in [3.8, 4) is 5.75 Å². The maximum absolute atomic E-state index is 12.2. The number of aromatic amines is 1. The van der Waals surface area contributed by atoms with E-state index in [1.807, 2.05) is 55.6 Å². The van der Waals surface area contributed by atoms with Crippen molar-refractivity contribution in [2.24, 2.45) is 0 Å². The maximum atomic E-state index is 12.2. The third-order valence-corrected chi connectivity index (χ3v) is 3.45. The highest BCUT2D eigenvalue weighted by molar-refractivity contribution is 6.07. The van der Waals surface area contributed by atoms with Gasteiger partial charge in [0.1, 0.15) is 5.75 Å². The monoisotopic (exact) mass is 291 g/mol. The van der Waals surface area contributed by atoms with Crippen LogP contribution in [0.3, 0.4) is 0 Å². The number of ether oxygens (including phenoxy) is 1. The molecule has 0 amide bonds. The molecule has 3 rings (SSSR count). The highest BCUT2D eigenvalue weighted by Gasteiger charge is 2.02. The van der Waals surface area contributed by atoms with Crippen LogP contribution in [0.15, 0.2) is 60.8 Å². The van der Waals surface area contributed by atoms with Gasteiger partial charge in [-0.2, -0.15) is 0 Å². The molecule has 22 heavy (non-hydrogen) atoms. The van der Waals surface area contributed by atoms with Crippen molar-refractivity contribution in [1.29, 1.82) is 0 Å². The van der Waals surface area contributed by atoms with Gasteiger partial charge < -0.3 is 9.72 Å². The average Bonchev–Trinajstić information content (AvgIpc) is 3.01. The van der Waals surface area contributed by atoms with Crippen LogP contribution in [0.5, 0.6) is 5.75 Å². The number of carbonyl (C=O) groups excluding carboxylic acids is 1. The molecule has 0 aliphatic carbocycles. The number of ketones is 1. The fourth-order valence-corrected chi connectivity index (χ4v) is 2.33. The van der Waals surface area contributed by atoms with Gasteiger partial charge in [-0.25, -0.2) is 0 Å². The Kier molecular flexibility index (Phi) is 4.05. The molecule has 3 aromatic rings. The zero-order valence-electron chi connectivity index (χ0n) is 12.4. The lowest BCUT2D eigenvalue weighted by molar-refractivity contribution is 0.104. The summed E-state index contributed by atoms with van der Waals surface area (Å²) in [4.78, 5) is 15.3. The second-order valence-corrected chi connectivity index (χ2v) is 4.98. The van der Waals surface area contributed by atoms with Gasteiger partial charge in [-0.3, -0.25) is 4.79 Å². The molecule has 2 aromatic carbocycles.